The number of halogens is 2. The van der Waals surface area contributed by atoms with E-state index in [1.54, 1.807) is 12.1 Å². The normalized spacial score (nSPS) is 22.0. The number of benzene rings is 1. The Morgan fingerprint density at radius 2 is 2.07 bits per heavy atom. The number of nitrogens with one attached hydrogen (secondary N) is 2. The van der Waals surface area contributed by atoms with Gasteiger partial charge in [0.25, 0.3) is 0 Å². The van der Waals surface area contributed by atoms with Gasteiger partial charge >= 0.3 is 6.61 Å². The largest absolute Gasteiger partial charge is 0.435 e. The zero-order valence-corrected chi connectivity index (χ0v) is 16.3. The third-order valence-electron chi connectivity index (χ3n) is 5.35. The molecule has 1 aromatic rings. The topological polar surface area (TPSA) is 69.1 Å². The quantitative estimate of drug-likeness (QED) is 0.488. The number of aliphatic imine (C=N–C) groups is 1. The number of hydrogen-bond donors (Lipinski definition) is 3. The average Bonchev–Trinajstić information content (AvgIpc) is 2.65. The van der Waals surface area contributed by atoms with E-state index in [9.17, 15) is 13.9 Å². The Balaban J connectivity index is 1.57. The van der Waals surface area contributed by atoms with Crippen LogP contribution < -0.4 is 20.3 Å². The second-order valence-electron chi connectivity index (χ2n) is 7.57. The van der Waals surface area contributed by atoms with Crippen molar-refractivity contribution in [3.05, 3.63) is 24.3 Å². The van der Waals surface area contributed by atoms with Crippen LogP contribution in [-0.4, -0.2) is 55.5 Å². The smallest absolute Gasteiger partial charge is 0.387 e. The molecule has 1 saturated carbocycles. The number of rotatable bonds is 7. The minimum atomic E-state index is -2.81. The van der Waals surface area contributed by atoms with E-state index < -0.39 is 12.2 Å². The Morgan fingerprint density at radius 1 is 1.32 bits per heavy atom. The van der Waals surface area contributed by atoms with Gasteiger partial charge in [0, 0.05) is 31.4 Å². The van der Waals surface area contributed by atoms with Crippen molar-refractivity contribution in [3.8, 4) is 5.75 Å². The maximum Gasteiger partial charge on any atom is 0.387 e. The van der Waals surface area contributed by atoms with Gasteiger partial charge in [0.05, 0.1) is 12.1 Å². The molecule has 2 fully saturated rings. The van der Waals surface area contributed by atoms with Gasteiger partial charge in [-0.15, -0.1) is 0 Å². The van der Waals surface area contributed by atoms with Crippen molar-refractivity contribution in [2.45, 2.75) is 57.3 Å². The van der Waals surface area contributed by atoms with Crippen LogP contribution in [0.5, 0.6) is 5.75 Å². The summed E-state index contributed by atoms with van der Waals surface area (Å²) in [6.45, 7) is 2.10. The van der Waals surface area contributed by atoms with Crippen LogP contribution in [-0.2, 0) is 0 Å². The average molecular weight is 396 g/mol. The molecule has 1 aliphatic heterocycles. The minimum absolute atomic E-state index is 0.168. The predicted octanol–water partition coefficient (Wildman–Crippen LogP) is 2.73. The molecule has 2 aliphatic rings. The maximum atomic E-state index is 12.3. The monoisotopic (exact) mass is 396 g/mol. The Bertz CT molecular complexity index is 650. The Labute approximate surface area is 165 Å². The first-order valence-electron chi connectivity index (χ1n) is 10.0. The van der Waals surface area contributed by atoms with E-state index in [1.807, 2.05) is 19.1 Å². The summed E-state index contributed by atoms with van der Waals surface area (Å²) in [5.41, 5.74) is 0.349. The molecular formula is C20H30F2N4O2. The lowest BCUT2D eigenvalue weighted by molar-refractivity contribution is -0.0498. The highest BCUT2D eigenvalue weighted by atomic mass is 19.3. The van der Waals surface area contributed by atoms with Crippen molar-refractivity contribution in [3.63, 3.8) is 0 Å². The number of nitrogens with zero attached hydrogens (tertiary/aromatic N) is 2. The number of ether oxygens (including phenoxy) is 1. The van der Waals surface area contributed by atoms with Gasteiger partial charge in [-0.2, -0.15) is 8.78 Å². The SMILES string of the molecule is CCNC(=NCC1(O)CCC1)NC1CCCN(c2ccc(OC(F)F)cc2)C1. The number of hydrogen-bond acceptors (Lipinski definition) is 4. The molecule has 3 N–H and O–H groups in total. The number of alkyl halides is 2. The molecular weight excluding hydrogens is 366 g/mol. The summed E-state index contributed by atoms with van der Waals surface area (Å²) < 4.78 is 29.0. The lowest BCUT2D eigenvalue weighted by atomic mass is 9.80. The Hall–Kier alpha value is -2.09. The fraction of sp³-hybridized carbons (Fsp3) is 0.650. The summed E-state index contributed by atoms with van der Waals surface area (Å²) in [5, 5.41) is 17.0. The van der Waals surface area contributed by atoms with Crippen LogP contribution in [0.4, 0.5) is 14.5 Å². The van der Waals surface area contributed by atoms with E-state index in [2.05, 4.69) is 25.3 Å². The van der Waals surface area contributed by atoms with Crippen LogP contribution >= 0.6 is 0 Å². The first-order chi connectivity index (χ1) is 13.5. The van der Waals surface area contributed by atoms with E-state index in [4.69, 9.17) is 0 Å². The molecule has 8 heteroatoms. The fourth-order valence-corrected chi connectivity index (χ4v) is 3.65. The summed E-state index contributed by atoms with van der Waals surface area (Å²) in [4.78, 5) is 6.81. The summed E-state index contributed by atoms with van der Waals surface area (Å²) in [6, 6.07) is 6.99. The molecule has 1 saturated heterocycles. The summed E-state index contributed by atoms with van der Waals surface area (Å²) >= 11 is 0. The molecule has 6 nitrogen and oxygen atoms in total. The lowest BCUT2D eigenvalue weighted by Gasteiger charge is -2.37. The second-order valence-corrected chi connectivity index (χ2v) is 7.57. The van der Waals surface area contributed by atoms with Gasteiger partial charge in [-0.3, -0.25) is 4.99 Å². The molecule has 1 atom stereocenters. The molecule has 0 radical (unpaired) electrons. The van der Waals surface area contributed by atoms with Crippen LogP contribution in [0.1, 0.15) is 39.0 Å². The fourth-order valence-electron chi connectivity index (χ4n) is 3.65. The molecule has 28 heavy (non-hydrogen) atoms. The molecule has 0 amide bonds. The number of guanidine groups is 1. The first kappa shape index (κ1) is 20.6. The van der Waals surface area contributed by atoms with Crippen LogP contribution in [0, 0.1) is 0 Å². The maximum absolute atomic E-state index is 12.3. The zero-order valence-electron chi connectivity index (χ0n) is 16.3. The van der Waals surface area contributed by atoms with Gasteiger partial charge in [-0.1, -0.05) is 0 Å². The van der Waals surface area contributed by atoms with E-state index in [0.29, 0.717) is 6.54 Å². The van der Waals surface area contributed by atoms with E-state index >= 15 is 0 Å². The van der Waals surface area contributed by atoms with Crippen molar-refractivity contribution in [2.24, 2.45) is 4.99 Å². The highest BCUT2D eigenvalue weighted by Crippen LogP contribution is 2.31. The predicted molar refractivity (Wildman–Crippen MR) is 106 cm³/mol. The van der Waals surface area contributed by atoms with Gasteiger partial charge < -0.3 is 25.4 Å². The molecule has 3 rings (SSSR count). The van der Waals surface area contributed by atoms with Crippen LogP contribution in [0.25, 0.3) is 0 Å². The van der Waals surface area contributed by atoms with Gasteiger partial charge in [-0.25, -0.2) is 0 Å². The highest BCUT2D eigenvalue weighted by molar-refractivity contribution is 5.80. The van der Waals surface area contributed by atoms with Crippen LogP contribution in [0.3, 0.4) is 0 Å². The summed E-state index contributed by atoms with van der Waals surface area (Å²) in [5.74, 6) is 0.899. The standard InChI is InChI=1S/C20H30F2N4O2/c1-2-23-19(24-14-20(27)10-4-11-20)25-15-5-3-12-26(13-15)16-6-8-17(9-7-16)28-18(21)22/h6-9,15,18,27H,2-5,10-14H2,1H3,(H2,23,24,25). The van der Waals surface area contributed by atoms with Gasteiger partial charge in [0.15, 0.2) is 5.96 Å². The second kappa shape index (κ2) is 9.41. The molecule has 156 valence electrons. The van der Waals surface area contributed by atoms with Crippen molar-refractivity contribution < 1.29 is 18.6 Å². The van der Waals surface area contributed by atoms with E-state index in [1.165, 1.54) is 0 Å². The highest BCUT2D eigenvalue weighted by Gasteiger charge is 2.34. The molecule has 0 bridgehead atoms. The third-order valence-corrected chi connectivity index (χ3v) is 5.35. The van der Waals surface area contributed by atoms with Crippen LogP contribution in [0.2, 0.25) is 0 Å². The third kappa shape index (κ3) is 5.70. The van der Waals surface area contributed by atoms with Gasteiger partial charge in [0.2, 0.25) is 0 Å². The lowest BCUT2D eigenvalue weighted by Crippen LogP contribution is -2.52. The van der Waals surface area contributed by atoms with Crippen molar-refractivity contribution in [1.29, 1.82) is 0 Å². The summed E-state index contributed by atoms with van der Waals surface area (Å²) in [7, 11) is 0. The summed E-state index contributed by atoms with van der Waals surface area (Å²) in [6.07, 6.45) is 4.75. The van der Waals surface area contributed by atoms with E-state index in [0.717, 1.165) is 63.4 Å². The van der Waals surface area contributed by atoms with E-state index in [-0.39, 0.29) is 11.8 Å². The zero-order chi connectivity index (χ0) is 20.0. The number of aliphatic hydroxyl groups is 1. The van der Waals surface area contributed by atoms with Crippen molar-refractivity contribution >= 4 is 11.6 Å². The molecule has 1 heterocycles. The van der Waals surface area contributed by atoms with Gasteiger partial charge in [0.1, 0.15) is 5.75 Å². The molecule has 1 aromatic carbocycles. The number of anilines is 1. The first-order valence-corrected chi connectivity index (χ1v) is 10.0. The number of piperidine rings is 1. The molecule has 0 aromatic heterocycles. The van der Waals surface area contributed by atoms with Crippen molar-refractivity contribution in [2.75, 3.05) is 31.1 Å². The van der Waals surface area contributed by atoms with Gasteiger partial charge in [-0.05, 0) is 63.3 Å². The molecule has 1 unspecified atom stereocenters. The minimum Gasteiger partial charge on any atom is -0.435 e. The Morgan fingerprint density at radius 3 is 2.68 bits per heavy atom. The molecule has 1 aliphatic carbocycles. The Kier molecular flexibility index (Phi) is 6.93. The van der Waals surface area contributed by atoms with Crippen molar-refractivity contribution in [1.82, 2.24) is 10.6 Å². The molecule has 0 spiro atoms. The van der Waals surface area contributed by atoms with Crippen LogP contribution in [0.15, 0.2) is 29.3 Å².